The van der Waals surface area contributed by atoms with E-state index in [1.54, 1.807) is 0 Å². The Bertz CT molecular complexity index is 1840. The summed E-state index contributed by atoms with van der Waals surface area (Å²) < 4.78 is 39.9. The van der Waals surface area contributed by atoms with Crippen molar-refractivity contribution in [1.29, 1.82) is 0 Å². The molecular weight excluding hydrogens is 664 g/mol. The van der Waals surface area contributed by atoms with E-state index in [1.807, 2.05) is 140 Å². The molecule has 1 N–H and O–H groups in total. The van der Waals surface area contributed by atoms with Crippen LogP contribution in [0.2, 0.25) is 5.02 Å². The molecule has 5 atom stereocenters. The summed E-state index contributed by atoms with van der Waals surface area (Å²) >= 11 is 6.84. The molecule has 2 aliphatic heterocycles. The summed E-state index contributed by atoms with van der Waals surface area (Å²) in [6.45, 7) is 3.14. The van der Waals surface area contributed by atoms with E-state index in [0.717, 1.165) is 39.1 Å². The molecular formula is C43H43ClO7. The molecule has 0 aliphatic carbocycles. The fourth-order valence-corrected chi connectivity index (χ4v) is 7.13. The quantitative estimate of drug-likeness (QED) is 0.118. The first kappa shape index (κ1) is 35.4. The number of fused-ring (bicyclic) bond motifs is 2. The van der Waals surface area contributed by atoms with Crippen LogP contribution in [0.5, 0.6) is 5.75 Å². The lowest BCUT2D eigenvalue weighted by Gasteiger charge is -2.50. The average Bonchev–Trinajstić information content (AvgIpc) is 3.54. The van der Waals surface area contributed by atoms with Crippen LogP contribution >= 0.6 is 11.6 Å². The Hall–Kier alpha value is -4.05. The van der Waals surface area contributed by atoms with E-state index in [-0.39, 0.29) is 26.4 Å². The number of aliphatic hydroxyl groups excluding tert-OH is 1. The minimum Gasteiger partial charge on any atom is -0.494 e. The number of rotatable bonds is 15. The smallest absolute Gasteiger partial charge is 0.225 e. The van der Waals surface area contributed by atoms with E-state index >= 15 is 0 Å². The van der Waals surface area contributed by atoms with Gasteiger partial charge in [-0.05, 0) is 65.4 Å². The van der Waals surface area contributed by atoms with Crippen LogP contribution in [0.25, 0.3) is 0 Å². The highest BCUT2D eigenvalue weighted by atomic mass is 35.5. The van der Waals surface area contributed by atoms with Crippen LogP contribution < -0.4 is 4.74 Å². The summed E-state index contributed by atoms with van der Waals surface area (Å²) in [5.74, 6) is -0.622. The van der Waals surface area contributed by atoms with Crippen LogP contribution in [-0.4, -0.2) is 48.8 Å². The second kappa shape index (κ2) is 16.1. The van der Waals surface area contributed by atoms with Gasteiger partial charge in [-0.15, -0.1) is 0 Å². The van der Waals surface area contributed by atoms with Crippen LogP contribution in [0.3, 0.4) is 0 Å². The Labute approximate surface area is 304 Å². The molecule has 7 rings (SSSR count). The summed E-state index contributed by atoms with van der Waals surface area (Å²) in [5.41, 5.74) is 4.42. The standard InChI is InChI=1S/C43H43ClO7/c1-2-46-37-21-18-31(19-22-37)24-35-25-36(20-23-38(35)44)43-41(49-28-34-16-10-5-11-17-34)39(47-26-32-12-6-3-7-13-32)40(42(29-45,51-43)30-50-43)48-27-33-14-8-4-9-15-33/h3-23,25,39-41,45H,2,24,26-30H2,1H3/t39-,40+,41?,42?,43?/m0/s1. The average molecular weight is 707 g/mol. The van der Waals surface area contributed by atoms with Gasteiger partial charge in [0, 0.05) is 10.6 Å². The SMILES string of the molecule is CCOc1ccc(Cc2cc(C34OCC(CO)(O3)[C@H](OCc3ccccc3)[C@H](OCc3ccccc3)C4OCc3ccccc3)ccc2Cl)cc1. The first-order chi connectivity index (χ1) is 25.0. The van der Waals surface area contributed by atoms with Gasteiger partial charge in [0.2, 0.25) is 5.79 Å². The Morgan fingerprint density at radius 2 is 1.25 bits per heavy atom. The molecule has 0 radical (unpaired) electrons. The van der Waals surface area contributed by atoms with Crippen molar-refractivity contribution in [3.05, 3.63) is 172 Å². The number of aliphatic hydroxyl groups is 1. The molecule has 2 fully saturated rings. The van der Waals surface area contributed by atoms with Crippen molar-refractivity contribution in [3.63, 3.8) is 0 Å². The van der Waals surface area contributed by atoms with Gasteiger partial charge >= 0.3 is 0 Å². The molecule has 0 spiro atoms. The second-order valence-electron chi connectivity index (χ2n) is 13.0. The monoisotopic (exact) mass is 706 g/mol. The van der Waals surface area contributed by atoms with Crippen molar-refractivity contribution in [3.8, 4) is 5.75 Å². The second-order valence-corrected chi connectivity index (χ2v) is 13.4. The van der Waals surface area contributed by atoms with Gasteiger partial charge in [-0.3, -0.25) is 0 Å². The maximum Gasteiger partial charge on any atom is 0.225 e. The summed E-state index contributed by atoms with van der Waals surface area (Å²) in [5, 5.41) is 11.8. The zero-order valence-corrected chi connectivity index (χ0v) is 29.4. The molecule has 264 valence electrons. The number of hydrogen-bond acceptors (Lipinski definition) is 7. The van der Waals surface area contributed by atoms with Crippen molar-refractivity contribution < 1.29 is 33.5 Å². The van der Waals surface area contributed by atoms with Crippen LogP contribution in [0.1, 0.15) is 40.3 Å². The van der Waals surface area contributed by atoms with Gasteiger partial charge < -0.3 is 33.5 Å². The van der Waals surface area contributed by atoms with Crippen LogP contribution in [0, 0.1) is 0 Å². The summed E-state index contributed by atoms with van der Waals surface area (Å²) in [6.07, 6.45) is -1.67. The summed E-state index contributed by atoms with van der Waals surface area (Å²) in [6, 6.07) is 43.7. The number of benzene rings is 5. The predicted octanol–water partition coefficient (Wildman–Crippen LogP) is 8.03. The molecule has 51 heavy (non-hydrogen) atoms. The van der Waals surface area contributed by atoms with E-state index < -0.39 is 29.7 Å². The first-order valence-corrected chi connectivity index (χ1v) is 17.8. The van der Waals surface area contributed by atoms with Crippen molar-refractivity contribution in [2.45, 2.75) is 62.9 Å². The van der Waals surface area contributed by atoms with Crippen molar-refractivity contribution in [2.75, 3.05) is 19.8 Å². The van der Waals surface area contributed by atoms with Gasteiger partial charge in [-0.1, -0.05) is 121 Å². The fourth-order valence-electron chi connectivity index (χ4n) is 6.95. The molecule has 5 aromatic carbocycles. The van der Waals surface area contributed by atoms with Gasteiger partial charge in [-0.25, -0.2) is 0 Å². The Kier molecular flexibility index (Phi) is 11.2. The normalized spacial score (nSPS) is 24.0. The van der Waals surface area contributed by atoms with E-state index in [2.05, 4.69) is 0 Å². The molecule has 2 heterocycles. The zero-order chi connectivity index (χ0) is 35.1. The summed E-state index contributed by atoms with van der Waals surface area (Å²) in [7, 11) is 0. The lowest BCUT2D eigenvalue weighted by atomic mass is 9.83. The van der Waals surface area contributed by atoms with Crippen LogP contribution in [-0.2, 0) is 55.7 Å². The number of hydrogen-bond donors (Lipinski definition) is 1. The third kappa shape index (κ3) is 7.76. The third-order valence-electron chi connectivity index (χ3n) is 9.55. The Morgan fingerprint density at radius 3 is 1.82 bits per heavy atom. The molecule has 0 saturated carbocycles. The molecule has 8 heteroatoms. The van der Waals surface area contributed by atoms with Crippen molar-refractivity contribution in [1.82, 2.24) is 0 Å². The molecule has 2 bridgehead atoms. The van der Waals surface area contributed by atoms with Gasteiger partial charge in [0.05, 0.1) is 39.6 Å². The number of ether oxygens (including phenoxy) is 6. The highest BCUT2D eigenvalue weighted by Crippen LogP contribution is 2.53. The minimum absolute atomic E-state index is 0.0657. The molecule has 5 aromatic rings. The molecule has 0 amide bonds. The predicted molar refractivity (Wildman–Crippen MR) is 195 cm³/mol. The maximum absolute atomic E-state index is 11.1. The maximum atomic E-state index is 11.1. The lowest BCUT2D eigenvalue weighted by Crippen LogP contribution is -2.67. The van der Waals surface area contributed by atoms with E-state index in [9.17, 15) is 5.11 Å². The van der Waals surface area contributed by atoms with Crippen LogP contribution in [0.15, 0.2) is 133 Å². The Morgan fingerprint density at radius 1 is 0.686 bits per heavy atom. The topological polar surface area (TPSA) is 75.6 Å². The van der Waals surface area contributed by atoms with Gasteiger partial charge in [0.25, 0.3) is 0 Å². The van der Waals surface area contributed by atoms with Gasteiger partial charge in [0.1, 0.15) is 29.7 Å². The van der Waals surface area contributed by atoms with E-state index in [4.69, 9.17) is 40.0 Å². The van der Waals surface area contributed by atoms with Crippen LogP contribution in [0.4, 0.5) is 0 Å². The first-order valence-electron chi connectivity index (χ1n) is 17.4. The number of halogens is 1. The molecule has 2 aliphatic rings. The molecule has 2 saturated heterocycles. The zero-order valence-electron chi connectivity index (χ0n) is 28.7. The lowest BCUT2D eigenvalue weighted by molar-refractivity contribution is -0.353. The molecule has 0 aromatic heterocycles. The molecule has 7 nitrogen and oxygen atoms in total. The van der Waals surface area contributed by atoms with Gasteiger partial charge in [-0.2, -0.15) is 0 Å². The van der Waals surface area contributed by atoms with Crippen molar-refractivity contribution >= 4 is 11.6 Å². The van der Waals surface area contributed by atoms with E-state index in [0.29, 0.717) is 24.7 Å². The third-order valence-corrected chi connectivity index (χ3v) is 9.92. The molecule has 3 unspecified atom stereocenters. The highest BCUT2D eigenvalue weighted by molar-refractivity contribution is 6.31. The fraction of sp³-hybridized carbons (Fsp3) is 0.302. The van der Waals surface area contributed by atoms with Crippen molar-refractivity contribution in [2.24, 2.45) is 0 Å². The Balaban J connectivity index is 1.28. The largest absolute Gasteiger partial charge is 0.494 e. The summed E-state index contributed by atoms with van der Waals surface area (Å²) in [4.78, 5) is 0. The minimum atomic E-state index is -1.44. The van der Waals surface area contributed by atoms with Gasteiger partial charge in [0.15, 0.2) is 0 Å². The van der Waals surface area contributed by atoms with E-state index in [1.165, 1.54) is 0 Å². The highest BCUT2D eigenvalue weighted by Gasteiger charge is 2.69.